The molecule has 2 aliphatic rings. The summed E-state index contributed by atoms with van der Waals surface area (Å²) in [5.41, 5.74) is 5.96. The molecule has 0 aromatic heterocycles. The molecule has 3 N–H and O–H groups in total. The van der Waals surface area contributed by atoms with Gasteiger partial charge in [-0.25, -0.2) is 8.42 Å². The Balaban J connectivity index is 1.94. The Labute approximate surface area is 109 Å². The van der Waals surface area contributed by atoms with E-state index in [-0.39, 0.29) is 30.2 Å². The van der Waals surface area contributed by atoms with Crippen LogP contribution in [0.2, 0.25) is 0 Å². The van der Waals surface area contributed by atoms with E-state index in [0.29, 0.717) is 6.54 Å². The van der Waals surface area contributed by atoms with E-state index < -0.39 is 9.84 Å². The van der Waals surface area contributed by atoms with E-state index in [1.807, 2.05) is 0 Å². The molecule has 2 fully saturated rings. The highest BCUT2D eigenvalue weighted by Crippen LogP contribution is 2.18. The summed E-state index contributed by atoms with van der Waals surface area (Å²) < 4.78 is 23.2. The third-order valence-corrected chi connectivity index (χ3v) is 5.62. The molecule has 6 nitrogen and oxygen atoms in total. The summed E-state index contributed by atoms with van der Waals surface area (Å²) in [4.78, 5) is 4.43. The van der Waals surface area contributed by atoms with Crippen LogP contribution in [-0.2, 0) is 9.84 Å². The molecule has 0 aromatic carbocycles. The van der Waals surface area contributed by atoms with Crippen molar-refractivity contribution in [3.05, 3.63) is 0 Å². The molecule has 2 aliphatic heterocycles. The fourth-order valence-electron chi connectivity index (χ4n) is 2.92. The lowest BCUT2D eigenvalue weighted by atomic mass is 10.1. The highest BCUT2D eigenvalue weighted by molar-refractivity contribution is 7.91. The maximum Gasteiger partial charge on any atom is 0.153 e. The largest absolute Gasteiger partial charge is 0.395 e. The molecule has 7 heteroatoms. The van der Waals surface area contributed by atoms with Gasteiger partial charge in [-0.05, 0) is 19.5 Å². The molecule has 0 aromatic rings. The van der Waals surface area contributed by atoms with Gasteiger partial charge in [-0.2, -0.15) is 0 Å². The zero-order valence-electron chi connectivity index (χ0n) is 10.7. The van der Waals surface area contributed by atoms with Gasteiger partial charge in [-0.3, -0.25) is 9.80 Å². The number of hydrogen-bond donors (Lipinski definition) is 2. The summed E-state index contributed by atoms with van der Waals surface area (Å²) in [7, 11) is -2.95. The van der Waals surface area contributed by atoms with Crippen molar-refractivity contribution < 1.29 is 13.5 Å². The average Bonchev–Trinajstić information content (AvgIpc) is 2.49. The van der Waals surface area contributed by atoms with Gasteiger partial charge in [0.1, 0.15) is 0 Å². The molecule has 0 spiro atoms. The Morgan fingerprint density at radius 1 is 1.17 bits per heavy atom. The van der Waals surface area contributed by atoms with Gasteiger partial charge in [-0.15, -0.1) is 0 Å². The number of β-amino-alcohol motifs (C(OH)–C–C–N with tert-alkyl or cyclic N) is 1. The summed E-state index contributed by atoms with van der Waals surface area (Å²) in [6.45, 7) is 4.46. The first kappa shape index (κ1) is 14.2. The van der Waals surface area contributed by atoms with Crippen molar-refractivity contribution in [2.45, 2.75) is 18.5 Å². The molecule has 2 rings (SSSR count). The minimum atomic E-state index is -2.95. The van der Waals surface area contributed by atoms with Gasteiger partial charge >= 0.3 is 0 Å². The highest BCUT2D eigenvalue weighted by atomic mass is 32.2. The predicted octanol–water partition coefficient (Wildman–Crippen LogP) is -1.89. The zero-order chi connectivity index (χ0) is 13.2. The van der Waals surface area contributed by atoms with Gasteiger partial charge in [-0.1, -0.05) is 0 Å². The molecule has 2 saturated heterocycles. The summed E-state index contributed by atoms with van der Waals surface area (Å²) in [5.74, 6) is 0.322. The van der Waals surface area contributed by atoms with Crippen molar-refractivity contribution in [3.8, 4) is 0 Å². The number of hydrogen-bond acceptors (Lipinski definition) is 6. The van der Waals surface area contributed by atoms with Crippen molar-refractivity contribution >= 4 is 9.84 Å². The van der Waals surface area contributed by atoms with E-state index >= 15 is 0 Å². The van der Waals surface area contributed by atoms with Crippen molar-refractivity contribution in [3.63, 3.8) is 0 Å². The molecule has 2 atom stereocenters. The van der Waals surface area contributed by atoms with E-state index in [4.69, 9.17) is 10.8 Å². The van der Waals surface area contributed by atoms with Crippen LogP contribution in [0.5, 0.6) is 0 Å². The first-order valence-corrected chi connectivity index (χ1v) is 8.37. The fourth-order valence-corrected chi connectivity index (χ4v) is 4.84. The van der Waals surface area contributed by atoms with Gasteiger partial charge < -0.3 is 10.8 Å². The van der Waals surface area contributed by atoms with Crippen molar-refractivity contribution in [1.29, 1.82) is 0 Å². The number of nitrogens with two attached hydrogens (primary N) is 1. The fraction of sp³-hybridized carbons (Fsp3) is 1.00. The molecule has 2 heterocycles. The lowest BCUT2D eigenvalue weighted by Gasteiger charge is -2.29. The smallest absolute Gasteiger partial charge is 0.153 e. The summed E-state index contributed by atoms with van der Waals surface area (Å²) in [6, 6.07) is -0.275. The van der Waals surface area contributed by atoms with Crippen LogP contribution >= 0.6 is 0 Å². The Morgan fingerprint density at radius 3 is 2.56 bits per heavy atom. The SMILES string of the molecule is NC1CS(=O)(=O)CC1N1CCCN(CCO)CC1. The molecule has 18 heavy (non-hydrogen) atoms. The van der Waals surface area contributed by atoms with Crippen LogP contribution in [0.3, 0.4) is 0 Å². The average molecular weight is 277 g/mol. The number of rotatable bonds is 3. The van der Waals surface area contributed by atoms with Gasteiger partial charge in [0.2, 0.25) is 0 Å². The van der Waals surface area contributed by atoms with Crippen molar-refractivity contribution in [1.82, 2.24) is 9.80 Å². The predicted molar refractivity (Wildman–Crippen MR) is 70.1 cm³/mol. The summed E-state index contributed by atoms with van der Waals surface area (Å²) in [6.07, 6.45) is 1.00. The van der Waals surface area contributed by atoms with E-state index in [9.17, 15) is 8.42 Å². The lowest BCUT2D eigenvalue weighted by Crippen LogP contribution is -2.48. The summed E-state index contributed by atoms with van der Waals surface area (Å²) in [5, 5.41) is 8.94. The van der Waals surface area contributed by atoms with Crippen LogP contribution in [0.4, 0.5) is 0 Å². The van der Waals surface area contributed by atoms with Crippen molar-refractivity contribution in [2.24, 2.45) is 5.73 Å². The Morgan fingerprint density at radius 2 is 1.94 bits per heavy atom. The quantitative estimate of drug-likeness (QED) is 0.627. The van der Waals surface area contributed by atoms with Crippen LogP contribution in [0.1, 0.15) is 6.42 Å². The standard InChI is InChI=1S/C11H23N3O3S/c12-10-8-18(16,17)9-11(10)14-3-1-2-13(4-5-14)6-7-15/h10-11,15H,1-9,12H2. The first-order valence-electron chi connectivity index (χ1n) is 6.55. The molecule has 0 aliphatic carbocycles. The van der Waals surface area contributed by atoms with Gasteiger partial charge in [0, 0.05) is 31.7 Å². The van der Waals surface area contributed by atoms with Gasteiger partial charge in [0.05, 0.1) is 18.1 Å². The van der Waals surface area contributed by atoms with E-state index in [0.717, 1.165) is 32.6 Å². The minimum Gasteiger partial charge on any atom is -0.395 e. The van der Waals surface area contributed by atoms with Crippen LogP contribution in [0.15, 0.2) is 0 Å². The monoisotopic (exact) mass is 277 g/mol. The van der Waals surface area contributed by atoms with Crippen LogP contribution in [0.25, 0.3) is 0 Å². The number of aliphatic hydroxyl groups excluding tert-OH is 1. The molecule has 0 saturated carbocycles. The zero-order valence-corrected chi connectivity index (χ0v) is 11.5. The maximum absolute atomic E-state index is 11.6. The van der Waals surface area contributed by atoms with E-state index in [1.54, 1.807) is 0 Å². The molecular weight excluding hydrogens is 254 g/mol. The lowest BCUT2D eigenvalue weighted by molar-refractivity contribution is 0.181. The van der Waals surface area contributed by atoms with E-state index in [1.165, 1.54) is 0 Å². The van der Waals surface area contributed by atoms with Crippen molar-refractivity contribution in [2.75, 3.05) is 50.8 Å². The molecule has 106 valence electrons. The normalized spacial score (nSPS) is 34.6. The van der Waals surface area contributed by atoms with E-state index in [2.05, 4.69) is 9.80 Å². The Bertz CT molecular complexity index is 374. The molecule has 0 bridgehead atoms. The maximum atomic E-state index is 11.6. The third kappa shape index (κ3) is 3.42. The minimum absolute atomic E-state index is 0.0240. The van der Waals surface area contributed by atoms with Crippen LogP contribution < -0.4 is 5.73 Å². The van der Waals surface area contributed by atoms with Gasteiger partial charge in [0.15, 0.2) is 9.84 Å². The Kier molecular flexibility index (Phi) is 4.60. The highest BCUT2D eigenvalue weighted by Gasteiger charge is 2.39. The first-order chi connectivity index (χ1) is 8.52. The number of sulfone groups is 1. The molecule has 2 unspecified atom stereocenters. The second kappa shape index (κ2) is 5.83. The third-order valence-electron chi connectivity index (χ3n) is 3.87. The molecule has 0 radical (unpaired) electrons. The molecular formula is C11H23N3O3S. The molecule has 0 amide bonds. The second-order valence-corrected chi connectivity index (χ2v) is 7.42. The number of aliphatic hydroxyl groups is 1. The van der Waals surface area contributed by atoms with Gasteiger partial charge in [0.25, 0.3) is 0 Å². The topological polar surface area (TPSA) is 86.9 Å². The summed E-state index contributed by atoms with van der Waals surface area (Å²) >= 11 is 0. The van der Waals surface area contributed by atoms with Crippen LogP contribution in [-0.4, -0.2) is 86.2 Å². The Hall–Kier alpha value is -0.210. The number of nitrogens with zero attached hydrogens (tertiary/aromatic N) is 2. The second-order valence-electron chi connectivity index (χ2n) is 5.26. The van der Waals surface area contributed by atoms with Crippen LogP contribution in [0, 0.1) is 0 Å².